The predicted molar refractivity (Wildman–Crippen MR) is 76.7 cm³/mol. The van der Waals surface area contributed by atoms with Crippen LogP contribution in [0.4, 0.5) is 5.69 Å². The molecule has 2 aliphatic carbocycles. The number of amides is 1. The summed E-state index contributed by atoms with van der Waals surface area (Å²) in [5, 5.41) is 3.15. The van der Waals surface area contributed by atoms with Gasteiger partial charge in [-0.1, -0.05) is 26.0 Å². The average molecular weight is 258 g/mol. The fourth-order valence-corrected chi connectivity index (χ4v) is 2.88. The summed E-state index contributed by atoms with van der Waals surface area (Å²) in [6.07, 6.45) is 3.13. The minimum Gasteiger partial charge on any atom is -0.399 e. The number of nitrogens with two attached hydrogens (primary N) is 1. The first-order valence-corrected chi connectivity index (χ1v) is 7.08. The standard InChI is InChI=1S/C16H22N2O/c1-15(2)9-12(15)10-18-14(19)16(7-8-16)11-3-5-13(17)6-4-11/h3-6,12H,7-10,17H2,1-2H3,(H,18,19). The Balaban J connectivity index is 1.64. The van der Waals surface area contributed by atoms with Crippen molar-refractivity contribution in [3.8, 4) is 0 Å². The molecule has 2 aliphatic rings. The Morgan fingerprint density at radius 1 is 1.32 bits per heavy atom. The SMILES string of the molecule is CC1(C)CC1CNC(=O)C1(c2ccc(N)cc2)CC1. The molecule has 3 nitrogen and oxygen atoms in total. The van der Waals surface area contributed by atoms with Gasteiger partial charge in [0.15, 0.2) is 0 Å². The fraction of sp³-hybridized carbons (Fsp3) is 0.562. The molecule has 0 aliphatic heterocycles. The molecular formula is C16H22N2O. The van der Waals surface area contributed by atoms with Gasteiger partial charge in [0, 0.05) is 12.2 Å². The molecule has 0 saturated heterocycles. The monoisotopic (exact) mass is 258 g/mol. The summed E-state index contributed by atoms with van der Waals surface area (Å²) >= 11 is 0. The highest BCUT2D eigenvalue weighted by Crippen LogP contribution is 2.52. The maximum absolute atomic E-state index is 12.4. The molecule has 19 heavy (non-hydrogen) atoms. The number of nitrogens with one attached hydrogen (secondary N) is 1. The number of hydrogen-bond acceptors (Lipinski definition) is 2. The van der Waals surface area contributed by atoms with Crippen molar-refractivity contribution in [1.82, 2.24) is 5.32 Å². The topological polar surface area (TPSA) is 55.1 Å². The third kappa shape index (κ3) is 2.22. The predicted octanol–water partition coefficient (Wildman–Crippen LogP) is 2.46. The molecule has 0 spiro atoms. The zero-order valence-electron chi connectivity index (χ0n) is 11.7. The van der Waals surface area contributed by atoms with Gasteiger partial charge in [-0.15, -0.1) is 0 Å². The Morgan fingerprint density at radius 2 is 1.89 bits per heavy atom. The zero-order valence-corrected chi connectivity index (χ0v) is 11.7. The molecule has 2 saturated carbocycles. The van der Waals surface area contributed by atoms with Gasteiger partial charge in [-0.3, -0.25) is 4.79 Å². The largest absolute Gasteiger partial charge is 0.399 e. The van der Waals surface area contributed by atoms with Gasteiger partial charge in [-0.2, -0.15) is 0 Å². The number of carbonyl (C=O) groups is 1. The van der Waals surface area contributed by atoms with Crippen molar-refractivity contribution >= 4 is 11.6 Å². The highest BCUT2D eigenvalue weighted by molar-refractivity contribution is 5.91. The van der Waals surface area contributed by atoms with Crippen molar-refractivity contribution in [2.24, 2.45) is 11.3 Å². The molecule has 102 valence electrons. The van der Waals surface area contributed by atoms with Crippen LogP contribution in [0.1, 0.15) is 38.7 Å². The van der Waals surface area contributed by atoms with E-state index in [1.165, 1.54) is 6.42 Å². The second kappa shape index (κ2) is 3.99. The van der Waals surface area contributed by atoms with Crippen LogP contribution >= 0.6 is 0 Å². The van der Waals surface area contributed by atoms with E-state index in [-0.39, 0.29) is 11.3 Å². The van der Waals surface area contributed by atoms with Crippen molar-refractivity contribution in [1.29, 1.82) is 0 Å². The van der Waals surface area contributed by atoms with E-state index in [0.29, 0.717) is 11.3 Å². The molecule has 3 heteroatoms. The van der Waals surface area contributed by atoms with Crippen LogP contribution < -0.4 is 11.1 Å². The lowest BCUT2D eigenvalue weighted by Gasteiger charge is -2.16. The van der Waals surface area contributed by atoms with Crippen LogP contribution in [0, 0.1) is 11.3 Å². The van der Waals surface area contributed by atoms with Gasteiger partial charge >= 0.3 is 0 Å². The van der Waals surface area contributed by atoms with Crippen molar-refractivity contribution in [2.45, 2.75) is 38.5 Å². The first kappa shape index (κ1) is 12.5. The molecule has 3 N–H and O–H groups in total. The highest BCUT2D eigenvalue weighted by Gasteiger charge is 2.52. The molecular weight excluding hydrogens is 236 g/mol. The fourth-order valence-electron chi connectivity index (χ4n) is 2.88. The lowest BCUT2D eigenvalue weighted by molar-refractivity contribution is -0.123. The molecule has 0 radical (unpaired) electrons. The van der Waals surface area contributed by atoms with Crippen molar-refractivity contribution in [3.05, 3.63) is 29.8 Å². The van der Waals surface area contributed by atoms with Gasteiger partial charge in [0.25, 0.3) is 0 Å². The molecule has 2 fully saturated rings. The van der Waals surface area contributed by atoms with E-state index < -0.39 is 0 Å². The van der Waals surface area contributed by atoms with Crippen LogP contribution in [0.3, 0.4) is 0 Å². The van der Waals surface area contributed by atoms with E-state index in [2.05, 4.69) is 19.2 Å². The van der Waals surface area contributed by atoms with Gasteiger partial charge in [-0.05, 0) is 48.3 Å². The summed E-state index contributed by atoms with van der Waals surface area (Å²) in [6.45, 7) is 5.34. The number of anilines is 1. The third-order valence-electron chi connectivity index (χ3n) is 4.87. The van der Waals surface area contributed by atoms with Gasteiger partial charge in [0.2, 0.25) is 5.91 Å². The summed E-state index contributed by atoms with van der Waals surface area (Å²) in [6, 6.07) is 7.74. The number of hydrogen-bond donors (Lipinski definition) is 2. The van der Waals surface area contributed by atoms with Crippen molar-refractivity contribution in [3.63, 3.8) is 0 Å². The summed E-state index contributed by atoms with van der Waals surface area (Å²) in [5.74, 6) is 0.846. The Kier molecular flexibility index (Phi) is 2.63. The van der Waals surface area contributed by atoms with Crippen LogP contribution in [0.5, 0.6) is 0 Å². The zero-order chi connectivity index (χ0) is 13.7. The van der Waals surface area contributed by atoms with E-state index in [0.717, 1.165) is 30.6 Å². The lowest BCUT2D eigenvalue weighted by Crippen LogP contribution is -2.36. The van der Waals surface area contributed by atoms with Gasteiger partial charge in [0.05, 0.1) is 5.41 Å². The molecule has 1 aromatic rings. The molecule has 1 amide bonds. The highest BCUT2D eigenvalue weighted by atomic mass is 16.2. The number of carbonyl (C=O) groups excluding carboxylic acids is 1. The van der Waals surface area contributed by atoms with Crippen LogP contribution in [0.25, 0.3) is 0 Å². The molecule has 1 unspecified atom stereocenters. The Labute approximate surface area is 114 Å². The number of nitrogen functional groups attached to an aromatic ring is 1. The van der Waals surface area contributed by atoms with E-state index >= 15 is 0 Å². The van der Waals surface area contributed by atoms with Crippen molar-refractivity contribution < 1.29 is 4.79 Å². The maximum Gasteiger partial charge on any atom is 0.230 e. The van der Waals surface area contributed by atoms with Gasteiger partial charge < -0.3 is 11.1 Å². The minimum atomic E-state index is -0.271. The van der Waals surface area contributed by atoms with Crippen LogP contribution in [0.15, 0.2) is 24.3 Å². The maximum atomic E-state index is 12.4. The normalized spacial score (nSPS) is 25.7. The Morgan fingerprint density at radius 3 is 2.37 bits per heavy atom. The minimum absolute atomic E-state index is 0.194. The molecule has 0 bridgehead atoms. The van der Waals surface area contributed by atoms with Crippen LogP contribution in [-0.4, -0.2) is 12.5 Å². The molecule has 0 heterocycles. The quantitative estimate of drug-likeness (QED) is 0.815. The Bertz CT molecular complexity index is 500. The first-order valence-electron chi connectivity index (χ1n) is 7.08. The van der Waals surface area contributed by atoms with Gasteiger partial charge in [-0.25, -0.2) is 0 Å². The van der Waals surface area contributed by atoms with E-state index in [4.69, 9.17) is 5.73 Å². The van der Waals surface area contributed by atoms with E-state index in [1.807, 2.05) is 24.3 Å². The summed E-state index contributed by atoms with van der Waals surface area (Å²) in [7, 11) is 0. The van der Waals surface area contributed by atoms with E-state index in [1.54, 1.807) is 0 Å². The third-order valence-corrected chi connectivity index (χ3v) is 4.87. The average Bonchev–Trinajstić information content (AvgIpc) is 3.25. The smallest absolute Gasteiger partial charge is 0.230 e. The summed E-state index contributed by atoms with van der Waals surface area (Å²) in [4.78, 5) is 12.4. The number of rotatable bonds is 4. The lowest BCUT2D eigenvalue weighted by atomic mass is 9.94. The molecule has 0 aromatic heterocycles. The summed E-state index contributed by atoms with van der Waals surface area (Å²) < 4.78 is 0. The summed E-state index contributed by atoms with van der Waals surface area (Å²) in [5.41, 5.74) is 7.71. The second-order valence-electron chi connectivity index (χ2n) is 6.80. The second-order valence-corrected chi connectivity index (χ2v) is 6.80. The number of benzene rings is 1. The van der Waals surface area contributed by atoms with Crippen LogP contribution in [0.2, 0.25) is 0 Å². The van der Waals surface area contributed by atoms with Crippen molar-refractivity contribution in [2.75, 3.05) is 12.3 Å². The van der Waals surface area contributed by atoms with Gasteiger partial charge in [0.1, 0.15) is 0 Å². The molecule has 3 rings (SSSR count). The molecule has 1 aromatic carbocycles. The first-order chi connectivity index (χ1) is 8.94. The van der Waals surface area contributed by atoms with Crippen LogP contribution in [-0.2, 0) is 10.2 Å². The Hall–Kier alpha value is -1.51. The van der Waals surface area contributed by atoms with E-state index in [9.17, 15) is 4.79 Å². The molecule has 1 atom stereocenters.